The number of rotatable bonds is 2. The second-order valence-electron chi connectivity index (χ2n) is 4.93. The van der Waals surface area contributed by atoms with Crippen LogP contribution in [0.1, 0.15) is 32.1 Å². The van der Waals surface area contributed by atoms with Gasteiger partial charge in [0.15, 0.2) is 5.65 Å². The van der Waals surface area contributed by atoms with E-state index in [0.717, 1.165) is 25.7 Å². The lowest BCUT2D eigenvalue weighted by atomic mass is 10.1. The molecule has 1 saturated carbocycles. The Morgan fingerprint density at radius 3 is 3.05 bits per heavy atom. The van der Waals surface area contributed by atoms with Crippen LogP contribution in [-0.2, 0) is 0 Å². The molecule has 2 heterocycles. The van der Waals surface area contributed by atoms with Gasteiger partial charge in [-0.05, 0) is 25.3 Å². The largest absolute Gasteiger partial charge is 0.472 e. The molecule has 0 amide bonds. The van der Waals surface area contributed by atoms with Crippen molar-refractivity contribution in [3.05, 3.63) is 22.6 Å². The molecule has 1 aliphatic carbocycles. The molecule has 3 rings (SSSR count). The molecule has 1 aliphatic rings. The summed E-state index contributed by atoms with van der Waals surface area (Å²) in [5, 5.41) is 10.3. The van der Waals surface area contributed by atoms with Crippen LogP contribution < -0.4 is 16.2 Å². The van der Waals surface area contributed by atoms with E-state index in [4.69, 9.17) is 10.5 Å². The number of H-pyrrole nitrogens is 1. The maximum absolute atomic E-state index is 11.4. The number of aromatic nitrogens is 4. The van der Waals surface area contributed by atoms with Crippen LogP contribution in [0.4, 0.5) is 0 Å². The van der Waals surface area contributed by atoms with Gasteiger partial charge in [-0.3, -0.25) is 0 Å². The summed E-state index contributed by atoms with van der Waals surface area (Å²) in [7, 11) is 0. The summed E-state index contributed by atoms with van der Waals surface area (Å²) in [5.41, 5.74) is 6.21. The maximum atomic E-state index is 11.4. The summed E-state index contributed by atoms with van der Waals surface area (Å²) in [6, 6.07) is 3.44. The average Bonchev–Trinajstić information content (AvgIpc) is 2.65. The molecule has 2 atom stereocenters. The van der Waals surface area contributed by atoms with Crippen LogP contribution in [0.15, 0.2) is 16.9 Å². The van der Waals surface area contributed by atoms with E-state index in [1.165, 1.54) is 10.9 Å². The lowest BCUT2D eigenvalue weighted by Gasteiger charge is -2.21. The molecule has 0 aromatic carbocycles. The van der Waals surface area contributed by atoms with E-state index < -0.39 is 0 Å². The zero-order valence-electron chi connectivity index (χ0n) is 10.6. The molecule has 0 aliphatic heterocycles. The van der Waals surface area contributed by atoms with Gasteiger partial charge < -0.3 is 10.5 Å². The maximum Gasteiger partial charge on any atom is 0.364 e. The molecule has 3 N–H and O–H groups in total. The third kappa shape index (κ3) is 2.46. The molecular weight excluding hydrogens is 246 g/mol. The third-order valence-electron chi connectivity index (χ3n) is 3.52. The molecule has 1 fully saturated rings. The van der Waals surface area contributed by atoms with E-state index in [1.54, 1.807) is 12.1 Å². The lowest BCUT2D eigenvalue weighted by Crippen LogP contribution is -2.38. The first kappa shape index (κ1) is 12.2. The second kappa shape index (κ2) is 5.00. The van der Waals surface area contributed by atoms with Gasteiger partial charge in [-0.1, -0.05) is 12.8 Å². The summed E-state index contributed by atoms with van der Waals surface area (Å²) in [5.74, 6) is 0.415. The topological polar surface area (TPSA) is 98.3 Å². The van der Waals surface area contributed by atoms with Crippen LogP contribution >= 0.6 is 0 Å². The quantitative estimate of drug-likeness (QED) is 0.767. The molecule has 2 unspecified atom stereocenters. The highest BCUT2D eigenvalue weighted by atomic mass is 16.5. The minimum absolute atomic E-state index is 0.0288. The number of fused-ring (bicyclic) bond motifs is 1. The van der Waals surface area contributed by atoms with E-state index in [2.05, 4.69) is 15.3 Å². The number of nitrogens with one attached hydrogen (secondary N) is 1. The van der Waals surface area contributed by atoms with Crippen molar-refractivity contribution in [3.63, 3.8) is 0 Å². The van der Waals surface area contributed by atoms with E-state index >= 15 is 0 Å². The number of aromatic amines is 1. The summed E-state index contributed by atoms with van der Waals surface area (Å²) >= 11 is 0. The number of hydrogen-bond acceptors (Lipinski definition) is 5. The first-order valence-electron chi connectivity index (χ1n) is 6.61. The zero-order chi connectivity index (χ0) is 13.2. The van der Waals surface area contributed by atoms with Crippen LogP contribution in [0.2, 0.25) is 0 Å². The number of nitrogens with two attached hydrogens (primary N) is 1. The van der Waals surface area contributed by atoms with E-state index in [0.29, 0.717) is 11.5 Å². The molecule has 0 bridgehead atoms. The van der Waals surface area contributed by atoms with E-state index in [-0.39, 0.29) is 17.8 Å². The Kier molecular flexibility index (Phi) is 3.20. The zero-order valence-corrected chi connectivity index (χ0v) is 10.6. The Labute approximate surface area is 109 Å². The lowest BCUT2D eigenvalue weighted by molar-refractivity contribution is 0.154. The number of nitrogens with zero attached hydrogens (tertiary/aromatic N) is 3. The molecule has 2 aromatic rings. The third-order valence-corrected chi connectivity index (χ3v) is 3.52. The van der Waals surface area contributed by atoms with E-state index in [1.807, 2.05) is 0 Å². The van der Waals surface area contributed by atoms with Crippen molar-refractivity contribution in [2.75, 3.05) is 0 Å². The van der Waals surface area contributed by atoms with Gasteiger partial charge in [-0.2, -0.15) is 9.61 Å². The Hall–Kier alpha value is -1.89. The first-order valence-corrected chi connectivity index (χ1v) is 6.61. The smallest absolute Gasteiger partial charge is 0.364 e. The van der Waals surface area contributed by atoms with Crippen molar-refractivity contribution in [2.45, 2.75) is 44.2 Å². The van der Waals surface area contributed by atoms with Crippen LogP contribution in [0.5, 0.6) is 5.88 Å². The Balaban J connectivity index is 1.83. The highest BCUT2D eigenvalue weighted by Gasteiger charge is 2.22. The molecular formula is C12H17N5O2. The predicted molar refractivity (Wildman–Crippen MR) is 69.1 cm³/mol. The standard InChI is InChI=1S/C12H17N5O2/c13-8-4-2-1-3-5-9(8)19-11-7-6-10-14-15-12(18)17(10)16-11/h6-9H,1-5,13H2,(H,15,18). The molecule has 102 valence electrons. The molecule has 0 saturated heterocycles. The van der Waals surface area contributed by atoms with Gasteiger partial charge in [0.25, 0.3) is 0 Å². The van der Waals surface area contributed by atoms with Gasteiger partial charge in [-0.25, -0.2) is 9.89 Å². The van der Waals surface area contributed by atoms with Crippen molar-refractivity contribution in [2.24, 2.45) is 5.73 Å². The minimum Gasteiger partial charge on any atom is -0.472 e. The fraction of sp³-hybridized carbons (Fsp3) is 0.583. The van der Waals surface area contributed by atoms with Crippen LogP contribution in [0.25, 0.3) is 5.65 Å². The van der Waals surface area contributed by atoms with Gasteiger partial charge in [-0.15, -0.1) is 5.10 Å². The highest BCUT2D eigenvalue weighted by Crippen LogP contribution is 2.21. The molecule has 0 spiro atoms. The Morgan fingerprint density at radius 2 is 2.16 bits per heavy atom. The van der Waals surface area contributed by atoms with Crippen LogP contribution in [-0.4, -0.2) is 32.0 Å². The van der Waals surface area contributed by atoms with Crippen molar-refractivity contribution in [1.82, 2.24) is 19.8 Å². The molecule has 7 nitrogen and oxygen atoms in total. The first-order chi connectivity index (χ1) is 9.24. The fourth-order valence-electron chi connectivity index (χ4n) is 2.45. The van der Waals surface area contributed by atoms with Crippen molar-refractivity contribution in [1.29, 1.82) is 0 Å². The number of hydrogen-bond donors (Lipinski definition) is 2. The van der Waals surface area contributed by atoms with Gasteiger partial charge in [0.1, 0.15) is 6.10 Å². The van der Waals surface area contributed by atoms with Crippen LogP contribution in [0.3, 0.4) is 0 Å². The minimum atomic E-state index is -0.370. The Bertz CT molecular complexity index is 620. The summed E-state index contributed by atoms with van der Waals surface area (Å²) in [6.45, 7) is 0. The highest BCUT2D eigenvalue weighted by molar-refractivity contribution is 5.35. The van der Waals surface area contributed by atoms with Gasteiger partial charge >= 0.3 is 5.69 Å². The second-order valence-corrected chi connectivity index (χ2v) is 4.93. The van der Waals surface area contributed by atoms with Gasteiger partial charge in [0.2, 0.25) is 5.88 Å². The summed E-state index contributed by atoms with van der Waals surface area (Å²) in [4.78, 5) is 11.4. The van der Waals surface area contributed by atoms with E-state index in [9.17, 15) is 4.79 Å². The summed E-state index contributed by atoms with van der Waals surface area (Å²) < 4.78 is 7.03. The fourth-order valence-corrected chi connectivity index (χ4v) is 2.45. The van der Waals surface area contributed by atoms with Crippen molar-refractivity contribution in [3.8, 4) is 5.88 Å². The molecule has 7 heteroatoms. The van der Waals surface area contributed by atoms with Gasteiger partial charge in [0, 0.05) is 12.1 Å². The number of ether oxygens (including phenoxy) is 1. The van der Waals surface area contributed by atoms with Crippen molar-refractivity contribution >= 4 is 5.65 Å². The van der Waals surface area contributed by atoms with Gasteiger partial charge in [0.05, 0.1) is 0 Å². The Morgan fingerprint density at radius 1 is 1.32 bits per heavy atom. The average molecular weight is 263 g/mol. The normalized spacial score (nSPS) is 24.3. The van der Waals surface area contributed by atoms with Crippen LogP contribution in [0, 0.1) is 0 Å². The predicted octanol–water partition coefficient (Wildman–Crippen LogP) is 0.456. The molecule has 19 heavy (non-hydrogen) atoms. The molecule has 2 aromatic heterocycles. The summed E-state index contributed by atoms with van der Waals surface area (Å²) in [6.07, 6.45) is 5.33. The molecule has 0 radical (unpaired) electrons. The van der Waals surface area contributed by atoms with Crippen molar-refractivity contribution < 1.29 is 4.74 Å². The monoisotopic (exact) mass is 263 g/mol. The SMILES string of the molecule is NC1CCCCCC1Oc1ccc2n[nH]c(=O)n2n1.